The van der Waals surface area contributed by atoms with Crippen molar-refractivity contribution in [1.82, 2.24) is 15.0 Å². The number of furan rings is 1. The van der Waals surface area contributed by atoms with Gasteiger partial charge in [0.05, 0.1) is 28.9 Å². The van der Waals surface area contributed by atoms with Gasteiger partial charge in [0.15, 0.2) is 0 Å². The summed E-state index contributed by atoms with van der Waals surface area (Å²) in [6, 6.07) is 17.1. The first-order valence-corrected chi connectivity index (χ1v) is 11.5. The Morgan fingerprint density at radius 1 is 0.879 bits per heavy atom. The average Bonchev–Trinajstić information content (AvgIpc) is 3.28. The van der Waals surface area contributed by atoms with Crippen LogP contribution in [0.15, 0.2) is 71.7 Å². The minimum atomic E-state index is 0.0158. The van der Waals surface area contributed by atoms with E-state index in [4.69, 9.17) is 9.40 Å². The molecule has 33 heavy (non-hydrogen) atoms. The molecule has 0 amide bonds. The van der Waals surface area contributed by atoms with E-state index in [0.717, 1.165) is 45.6 Å². The van der Waals surface area contributed by atoms with E-state index in [2.05, 4.69) is 81.0 Å². The molecule has 0 saturated carbocycles. The number of hydrogen-bond acceptors (Lipinski definition) is 4. The second kappa shape index (κ2) is 8.11. The van der Waals surface area contributed by atoms with Crippen molar-refractivity contribution in [3.63, 3.8) is 0 Å². The van der Waals surface area contributed by atoms with Gasteiger partial charge in [-0.3, -0.25) is 4.98 Å². The molecule has 4 nitrogen and oxygen atoms in total. The third kappa shape index (κ3) is 4.02. The van der Waals surface area contributed by atoms with Crippen LogP contribution in [0.2, 0.25) is 0 Å². The first-order valence-electron chi connectivity index (χ1n) is 11.5. The maximum absolute atomic E-state index is 5.89. The highest BCUT2D eigenvalue weighted by Gasteiger charge is 2.19. The predicted molar refractivity (Wildman–Crippen MR) is 135 cm³/mol. The molecule has 5 rings (SSSR count). The number of rotatable bonds is 4. The molecule has 166 valence electrons. The normalized spacial score (nSPS) is 12.2. The zero-order chi connectivity index (χ0) is 23.2. The zero-order valence-corrected chi connectivity index (χ0v) is 19.9. The van der Waals surface area contributed by atoms with Gasteiger partial charge in [0, 0.05) is 17.1 Å². The zero-order valence-electron chi connectivity index (χ0n) is 19.9. The van der Waals surface area contributed by atoms with Crippen LogP contribution in [0.4, 0.5) is 0 Å². The summed E-state index contributed by atoms with van der Waals surface area (Å²) in [6.45, 7) is 11.2. The van der Waals surface area contributed by atoms with Gasteiger partial charge in [-0.15, -0.1) is 0 Å². The third-order valence-electron chi connectivity index (χ3n) is 6.08. The summed E-state index contributed by atoms with van der Waals surface area (Å²) in [5.41, 5.74) is 6.91. The Morgan fingerprint density at radius 2 is 1.67 bits per heavy atom. The quantitative estimate of drug-likeness (QED) is 0.292. The Labute approximate surface area is 194 Å². The third-order valence-corrected chi connectivity index (χ3v) is 6.08. The summed E-state index contributed by atoms with van der Waals surface area (Å²) in [5.74, 6) is 0.525. The lowest BCUT2D eigenvalue weighted by Gasteiger charge is -2.22. The van der Waals surface area contributed by atoms with Crippen molar-refractivity contribution in [2.75, 3.05) is 0 Å². The van der Waals surface area contributed by atoms with Crippen LogP contribution in [0.25, 0.3) is 44.3 Å². The predicted octanol–water partition coefficient (Wildman–Crippen LogP) is 7.60. The van der Waals surface area contributed by atoms with Crippen LogP contribution >= 0.6 is 0 Å². The smallest absolute Gasteiger partial charge is 0.146 e. The second-order valence-corrected chi connectivity index (χ2v) is 10.2. The largest absolute Gasteiger partial charge is 0.464 e. The summed E-state index contributed by atoms with van der Waals surface area (Å²) < 4.78 is 5.89. The van der Waals surface area contributed by atoms with Crippen LogP contribution in [0, 0.1) is 5.92 Å². The molecule has 0 aliphatic rings. The molecule has 0 fully saturated rings. The maximum atomic E-state index is 5.89. The molecule has 0 spiro atoms. The lowest BCUT2D eigenvalue weighted by Crippen LogP contribution is -2.12. The van der Waals surface area contributed by atoms with Crippen molar-refractivity contribution < 1.29 is 4.42 Å². The van der Waals surface area contributed by atoms with E-state index in [1.807, 2.05) is 18.3 Å². The number of pyridine rings is 1. The van der Waals surface area contributed by atoms with E-state index in [9.17, 15) is 0 Å². The van der Waals surface area contributed by atoms with Gasteiger partial charge in [-0.2, -0.15) is 0 Å². The van der Waals surface area contributed by atoms with E-state index >= 15 is 0 Å². The first-order chi connectivity index (χ1) is 15.8. The van der Waals surface area contributed by atoms with Gasteiger partial charge >= 0.3 is 0 Å². The van der Waals surface area contributed by atoms with Crippen molar-refractivity contribution in [3.05, 3.63) is 78.6 Å². The molecule has 0 radical (unpaired) electrons. The van der Waals surface area contributed by atoms with Gasteiger partial charge in [0.1, 0.15) is 11.9 Å². The van der Waals surface area contributed by atoms with Gasteiger partial charge in [-0.05, 0) is 58.4 Å². The van der Waals surface area contributed by atoms with Crippen molar-refractivity contribution >= 4 is 21.7 Å². The van der Waals surface area contributed by atoms with Crippen molar-refractivity contribution in [2.45, 2.75) is 46.5 Å². The fourth-order valence-corrected chi connectivity index (χ4v) is 4.49. The Hall–Kier alpha value is -3.53. The molecule has 0 aliphatic heterocycles. The molecular formula is C29H29N3O. The summed E-state index contributed by atoms with van der Waals surface area (Å²) >= 11 is 0. The second-order valence-electron chi connectivity index (χ2n) is 10.2. The summed E-state index contributed by atoms with van der Waals surface area (Å²) in [7, 11) is 0. The number of nitrogens with zero attached hydrogens (tertiary/aromatic N) is 3. The van der Waals surface area contributed by atoms with Crippen molar-refractivity contribution in [2.24, 2.45) is 5.92 Å². The molecule has 4 heteroatoms. The van der Waals surface area contributed by atoms with Crippen LogP contribution in [0.5, 0.6) is 0 Å². The number of benzene rings is 2. The fourth-order valence-electron chi connectivity index (χ4n) is 4.49. The number of aromatic nitrogens is 3. The Balaban J connectivity index is 1.65. The highest BCUT2D eigenvalue weighted by Crippen LogP contribution is 2.36. The van der Waals surface area contributed by atoms with E-state index in [1.54, 1.807) is 12.6 Å². The van der Waals surface area contributed by atoms with Crippen molar-refractivity contribution in [3.8, 4) is 22.5 Å². The molecule has 0 unspecified atom stereocenters. The van der Waals surface area contributed by atoms with E-state index in [-0.39, 0.29) is 5.41 Å². The Bertz CT molecular complexity index is 1460. The molecule has 0 atom stereocenters. The molecule has 0 N–H and O–H groups in total. The number of hydrogen-bond donors (Lipinski definition) is 0. The van der Waals surface area contributed by atoms with Gasteiger partial charge in [-0.25, -0.2) is 9.97 Å². The van der Waals surface area contributed by atoms with E-state index < -0.39 is 0 Å². The lowest BCUT2D eigenvalue weighted by atomic mass is 9.82. The molecular weight excluding hydrogens is 406 g/mol. The van der Waals surface area contributed by atoms with Gasteiger partial charge in [-0.1, -0.05) is 58.9 Å². The monoisotopic (exact) mass is 435 g/mol. The molecule has 3 heterocycles. The summed E-state index contributed by atoms with van der Waals surface area (Å²) in [6.07, 6.45) is 6.17. The first kappa shape index (κ1) is 21.3. The standard InChI is InChI=1S/C29H29N3O/c1-18(2)12-26-22-10-11-33-28(22)23(16-30-26)27-15-25(31-17-32-27)20-13-19-8-6-7-9-21(19)24(14-20)29(3,4)5/h6-11,13-18H,12H2,1-5H3. The molecule has 0 bridgehead atoms. The minimum Gasteiger partial charge on any atom is -0.464 e. The van der Waals surface area contributed by atoms with Crippen LogP contribution in [0.3, 0.4) is 0 Å². The van der Waals surface area contributed by atoms with E-state index in [1.165, 1.54) is 16.3 Å². The van der Waals surface area contributed by atoms with Gasteiger partial charge < -0.3 is 4.42 Å². The summed E-state index contributed by atoms with van der Waals surface area (Å²) in [4.78, 5) is 14.0. The van der Waals surface area contributed by atoms with Gasteiger partial charge in [0.25, 0.3) is 0 Å². The highest BCUT2D eigenvalue weighted by molar-refractivity contribution is 5.94. The maximum Gasteiger partial charge on any atom is 0.146 e. The van der Waals surface area contributed by atoms with Crippen LogP contribution < -0.4 is 0 Å². The fraction of sp³-hybridized carbons (Fsp3) is 0.276. The van der Waals surface area contributed by atoms with Gasteiger partial charge in [0.2, 0.25) is 0 Å². The molecule has 0 saturated heterocycles. The lowest BCUT2D eigenvalue weighted by molar-refractivity contribution is 0.596. The van der Waals surface area contributed by atoms with Crippen molar-refractivity contribution in [1.29, 1.82) is 0 Å². The number of fused-ring (bicyclic) bond motifs is 2. The molecule has 2 aromatic carbocycles. The van der Waals surface area contributed by atoms with E-state index in [0.29, 0.717) is 5.92 Å². The topological polar surface area (TPSA) is 51.8 Å². The SMILES string of the molecule is CC(C)Cc1ncc(-c2cc(-c3cc(C(C)(C)C)c4ccccc4c3)ncn2)c2occc12. The van der Waals surface area contributed by atoms with Crippen LogP contribution in [0.1, 0.15) is 45.9 Å². The average molecular weight is 436 g/mol. The highest BCUT2D eigenvalue weighted by atomic mass is 16.3. The van der Waals surface area contributed by atoms with Crippen LogP contribution in [-0.4, -0.2) is 15.0 Å². The Morgan fingerprint density at radius 3 is 2.45 bits per heavy atom. The minimum absolute atomic E-state index is 0.0158. The summed E-state index contributed by atoms with van der Waals surface area (Å²) in [5, 5.41) is 3.56. The Kier molecular flexibility index (Phi) is 5.24. The molecule has 5 aromatic rings. The molecule has 0 aliphatic carbocycles. The van der Waals surface area contributed by atoms with Crippen LogP contribution in [-0.2, 0) is 11.8 Å². The molecule has 3 aromatic heterocycles.